The first-order valence-corrected chi connectivity index (χ1v) is 6.36. The Hall–Kier alpha value is -1.71. The zero-order chi connectivity index (χ0) is 13.2. The maximum atomic E-state index is 12.3. The van der Waals surface area contributed by atoms with Crippen molar-refractivity contribution < 1.29 is 9.53 Å². The molecule has 4 nitrogen and oxygen atoms in total. The SMILES string of the molecule is CCC1(NC(=O)c2cc(N)ccc2OC)CCC1. The lowest BCUT2D eigenvalue weighted by atomic mass is 9.74. The van der Waals surface area contributed by atoms with Crippen molar-refractivity contribution in [3.05, 3.63) is 23.8 Å². The molecule has 3 N–H and O–H groups in total. The van der Waals surface area contributed by atoms with Gasteiger partial charge in [0.1, 0.15) is 5.75 Å². The molecule has 4 heteroatoms. The van der Waals surface area contributed by atoms with Crippen LogP contribution in [0, 0.1) is 0 Å². The number of ether oxygens (including phenoxy) is 1. The van der Waals surface area contributed by atoms with E-state index < -0.39 is 0 Å². The highest BCUT2D eigenvalue weighted by atomic mass is 16.5. The number of anilines is 1. The van der Waals surface area contributed by atoms with E-state index >= 15 is 0 Å². The summed E-state index contributed by atoms with van der Waals surface area (Å²) in [5.41, 5.74) is 6.79. The number of nitrogen functional groups attached to an aromatic ring is 1. The highest BCUT2D eigenvalue weighted by Gasteiger charge is 2.37. The van der Waals surface area contributed by atoms with E-state index in [0.29, 0.717) is 17.0 Å². The van der Waals surface area contributed by atoms with Crippen LogP contribution >= 0.6 is 0 Å². The molecule has 0 radical (unpaired) electrons. The molecule has 0 unspecified atom stereocenters. The zero-order valence-corrected chi connectivity index (χ0v) is 11.0. The fourth-order valence-electron chi connectivity index (χ4n) is 2.38. The maximum absolute atomic E-state index is 12.3. The Morgan fingerprint density at radius 1 is 1.50 bits per heavy atom. The summed E-state index contributed by atoms with van der Waals surface area (Å²) in [4.78, 5) is 12.3. The zero-order valence-electron chi connectivity index (χ0n) is 11.0. The minimum atomic E-state index is -0.0966. The van der Waals surface area contributed by atoms with Crippen LogP contribution in [0.25, 0.3) is 0 Å². The van der Waals surface area contributed by atoms with Crippen molar-refractivity contribution in [3.8, 4) is 5.75 Å². The van der Waals surface area contributed by atoms with E-state index in [1.54, 1.807) is 25.3 Å². The number of hydrogen-bond acceptors (Lipinski definition) is 3. The second kappa shape index (κ2) is 4.88. The number of carbonyl (C=O) groups is 1. The minimum absolute atomic E-state index is 0.0211. The average Bonchev–Trinajstić information content (AvgIpc) is 2.33. The van der Waals surface area contributed by atoms with Gasteiger partial charge < -0.3 is 15.8 Å². The largest absolute Gasteiger partial charge is 0.496 e. The molecule has 18 heavy (non-hydrogen) atoms. The van der Waals surface area contributed by atoms with Crippen molar-refractivity contribution in [1.29, 1.82) is 0 Å². The molecule has 0 bridgehead atoms. The second-order valence-electron chi connectivity index (χ2n) is 4.90. The molecule has 98 valence electrons. The van der Waals surface area contributed by atoms with Crippen molar-refractivity contribution in [2.75, 3.05) is 12.8 Å². The van der Waals surface area contributed by atoms with E-state index in [0.717, 1.165) is 19.3 Å². The third-order valence-corrected chi connectivity index (χ3v) is 3.83. The van der Waals surface area contributed by atoms with E-state index in [4.69, 9.17) is 10.5 Å². The van der Waals surface area contributed by atoms with Gasteiger partial charge in [0.05, 0.1) is 12.7 Å². The van der Waals surface area contributed by atoms with Crippen molar-refractivity contribution in [2.45, 2.75) is 38.1 Å². The lowest BCUT2D eigenvalue weighted by Gasteiger charge is -2.42. The van der Waals surface area contributed by atoms with Gasteiger partial charge >= 0.3 is 0 Å². The molecule has 0 spiro atoms. The van der Waals surface area contributed by atoms with Gasteiger partial charge in [-0.2, -0.15) is 0 Å². The first-order valence-electron chi connectivity index (χ1n) is 6.36. The van der Waals surface area contributed by atoms with Gasteiger partial charge in [-0.1, -0.05) is 6.92 Å². The number of nitrogens with one attached hydrogen (secondary N) is 1. The summed E-state index contributed by atoms with van der Waals surface area (Å²) >= 11 is 0. The number of amides is 1. The Morgan fingerprint density at radius 2 is 2.22 bits per heavy atom. The fourth-order valence-corrected chi connectivity index (χ4v) is 2.38. The van der Waals surface area contributed by atoms with Gasteiger partial charge in [-0.15, -0.1) is 0 Å². The molecule has 1 aromatic carbocycles. The summed E-state index contributed by atoms with van der Waals surface area (Å²) in [6.45, 7) is 2.11. The fraction of sp³-hybridized carbons (Fsp3) is 0.500. The summed E-state index contributed by atoms with van der Waals surface area (Å²) in [5.74, 6) is 0.466. The second-order valence-corrected chi connectivity index (χ2v) is 4.90. The van der Waals surface area contributed by atoms with E-state index in [1.807, 2.05) is 0 Å². The number of hydrogen-bond donors (Lipinski definition) is 2. The van der Waals surface area contributed by atoms with E-state index in [1.165, 1.54) is 6.42 Å². The quantitative estimate of drug-likeness (QED) is 0.804. The van der Waals surface area contributed by atoms with Crippen molar-refractivity contribution >= 4 is 11.6 Å². The van der Waals surface area contributed by atoms with E-state index in [2.05, 4.69) is 12.2 Å². The lowest BCUT2D eigenvalue weighted by molar-refractivity contribution is 0.0817. The molecule has 0 aliphatic heterocycles. The monoisotopic (exact) mass is 248 g/mol. The molecule has 2 rings (SSSR count). The number of nitrogens with two attached hydrogens (primary N) is 1. The van der Waals surface area contributed by atoms with Crippen molar-refractivity contribution in [1.82, 2.24) is 5.32 Å². The Kier molecular flexibility index (Phi) is 3.45. The number of benzene rings is 1. The Bertz CT molecular complexity index is 448. The normalized spacial score (nSPS) is 16.8. The van der Waals surface area contributed by atoms with Gasteiger partial charge in [-0.25, -0.2) is 0 Å². The average molecular weight is 248 g/mol. The molecule has 0 saturated heterocycles. The number of rotatable bonds is 4. The molecule has 1 amide bonds. The molecule has 1 aliphatic carbocycles. The summed E-state index contributed by atoms with van der Waals surface area (Å²) in [6, 6.07) is 5.12. The predicted octanol–water partition coefficient (Wildman–Crippen LogP) is 2.34. The van der Waals surface area contributed by atoms with Crippen molar-refractivity contribution in [3.63, 3.8) is 0 Å². The van der Waals surface area contributed by atoms with Gasteiger partial charge in [0.15, 0.2) is 0 Å². The molecular formula is C14H20N2O2. The minimum Gasteiger partial charge on any atom is -0.496 e. The molecule has 1 fully saturated rings. The van der Waals surface area contributed by atoms with Crippen LogP contribution in [0.2, 0.25) is 0 Å². The summed E-state index contributed by atoms with van der Waals surface area (Å²) in [7, 11) is 1.56. The molecule has 0 heterocycles. The Balaban J connectivity index is 2.20. The van der Waals surface area contributed by atoms with Crippen LogP contribution in [-0.2, 0) is 0 Å². The lowest BCUT2D eigenvalue weighted by Crippen LogP contribution is -2.53. The third kappa shape index (κ3) is 2.28. The van der Waals surface area contributed by atoms with E-state index in [9.17, 15) is 4.79 Å². The third-order valence-electron chi connectivity index (χ3n) is 3.83. The standard InChI is InChI=1S/C14H20N2O2/c1-3-14(7-4-8-14)16-13(17)11-9-10(15)5-6-12(11)18-2/h5-6,9H,3-4,7-8,15H2,1-2H3,(H,16,17). The topological polar surface area (TPSA) is 64.4 Å². The number of methoxy groups -OCH3 is 1. The molecule has 0 aromatic heterocycles. The Labute approximate surface area is 108 Å². The first-order chi connectivity index (χ1) is 8.60. The Morgan fingerprint density at radius 3 is 2.72 bits per heavy atom. The van der Waals surface area contributed by atoms with Crippen LogP contribution < -0.4 is 15.8 Å². The van der Waals surface area contributed by atoms with Crippen LogP contribution in [0.5, 0.6) is 5.75 Å². The smallest absolute Gasteiger partial charge is 0.255 e. The molecule has 0 atom stereocenters. The van der Waals surface area contributed by atoms with Crippen LogP contribution in [-0.4, -0.2) is 18.6 Å². The molecular weight excluding hydrogens is 228 g/mol. The summed E-state index contributed by atoms with van der Waals surface area (Å²) < 4.78 is 5.20. The van der Waals surface area contributed by atoms with Crippen LogP contribution in [0.15, 0.2) is 18.2 Å². The molecule has 1 aromatic rings. The highest BCUT2D eigenvalue weighted by molar-refractivity contribution is 5.98. The van der Waals surface area contributed by atoms with Gasteiger partial charge in [-0.3, -0.25) is 4.79 Å². The summed E-state index contributed by atoms with van der Waals surface area (Å²) in [5, 5.41) is 3.12. The van der Waals surface area contributed by atoms with Gasteiger partial charge in [0.25, 0.3) is 5.91 Å². The molecule has 1 saturated carbocycles. The van der Waals surface area contributed by atoms with Gasteiger partial charge in [0.2, 0.25) is 0 Å². The van der Waals surface area contributed by atoms with Crippen LogP contribution in [0.4, 0.5) is 5.69 Å². The van der Waals surface area contributed by atoms with Gasteiger partial charge in [0, 0.05) is 11.2 Å². The first kappa shape index (κ1) is 12.7. The molecule has 1 aliphatic rings. The predicted molar refractivity (Wildman–Crippen MR) is 71.7 cm³/mol. The summed E-state index contributed by atoms with van der Waals surface area (Å²) in [6.07, 6.45) is 4.26. The number of carbonyl (C=O) groups excluding carboxylic acids is 1. The van der Waals surface area contributed by atoms with E-state index in [-0.39, 0.29) is 11.4 Å². The van der Waals surface area contributed by atoms with Crippen LogP contribution in [0.3, 0.4) is 0 Å². The maximum Gasteiger partial charge on any atom is 0.255 e. The van der Waals surface area contributed by atoms with Crippen molar-refractivity contribution in [2.24, 2.45) is 0 Å². The van der Waals surface area contributed by atoms with Crippen LogP contribution in [0.1, 0.15) is 43.0 Å². The van der Waals surface area contributed by atoms with Gasteiger partial charge in [-0.05, 0) is 43.9 Å². The highest BCUT2D eigenvalue weighted by Crippen LogP contribution is 2.35.